The van der Waals surface area contributed by atoms with Crippen molar-refractivity contribution in [1.29, 1.82) is 0 Å². The Kier molecular flexibility index (Phi) is 13.5. The number of hydrogen-bond acceptors (Lipinski definition) is 1. The maximum atomic E-state index is 2.43. The Labute approximate surface area is 186 Å². The first-order valence-corrected chi connectivity index (χ1v) is 12.4. The van der Waals surface area contributed by atoms with Gasteiger partial charge in [0.1, 0.15) is 0 Å². The normalized spacial score (nSPS) is 11.2. The van der Waals surface area contributed by atoms with Gasteiger partial charge in [-0.2, -0.15) is 0 Å². The molecule has 0 unspecified atom stereocenters. The summed E-state index contributed by atoms with van der Waals surface area (Å²) in [4.78, 5) is 2.43. The summed E-state index contributed by atoms with van der Waals surface area (Å²) >= 11 is 0. The fourth-order valence-electron chi connectivity index (χ4n) is 3.95. The first-order chi connectivity index (χ1) is 14.9. The van der Waals surface area contributed by atoms with Crippen LogP contribution in [0.3, 0.4) is 0 Å². The van der Waals surface area contributed by atoms with Gasteiger partial charge >= 0.3 is 0 Å². The highest BCUT2D eigenvalue weighted by molar-refractivity contribution is 5.17. The molecule has 0 aliphatic rings. The van der Waals surface area contributed by atoms with E-state index in [1.165, 1.54) is 88.2 Å². The zero-order chi connectivity index (χ0) is 21.1. The number of benzene rings is 2. The largest absolute Gasteiger partial charge is 0.369 e. The minimum Gasteiger partial charge on any atom is -0.369 e. The molecule has 2 aromatic carbocycles. The van der Waals surface area contributed by atoms with Gasteiger partial charge in [0.05, 0.1) is 0 Å². The Hall–Kier alpha value is -2.02. The molecule has 0 N–H and O–H groups in total. The van der Waals surface area contributed by atoms with Crippen molar-refractivity contribution in [2.24, 2.45) is 0 Å². The summed E-state index contributed by atoms with van der Waals surface area (Å²) in [7, 11) is 0. The van der Waals surface area contributed by atoms with Crippen LogP contribution in [0.1, 0.15) is 95.1 Å². The third-order valence-electron chi connectivity index (χ3n) is 5.75. The first-order valence-electron chi connectivity index (χ1n) is 12.4. The van der Waals surface area contributed by atoms with E-state index in [0.717, 1.165) is 13.1 Å². The summed E-state index contributed by atoms with van der Waals surface area (Å²) in [5, 5.41) is 0. The molecule has 0 saturated carbocycles. The Morgan fingerprint density at radius 2 is 1.00 bits per heavy atom. The van der Waals surface area contributed by atoms with E-state index in [-0.39, 0.29) is 0 Å². The number of nitrogens with zero attached hydrogens (tertiary/aromatic N) is 1. The Morgan fingerprint density at radius 1 is 0.567 bits per heavy atom. The van der Waals surface area contributed by atoms with Crippen LogP contribution in [-0.2, 0) is 13.1 Å². The van der Waals surface area contributed by atoms with Crippen LogP contribution in [0.4, 0.5) is 0 Å². The van der Waals surface area contributed by atoms with Crippen LogP contribution in [0, 0.1) is 0 Å². The van der Waals surface area contributed by atoms with Crippen molar-refractivity contribution in [3.05, 3.63) is 84.1 Å². The topological polar surface area (TPSA) is 3.24 Å². The molecule has 1 heteroatoms. The summed E-state index contributed by atoms with van der Waals surface area (Å²) < 4.78 is 0. The third kappa shape index (κ3) is 11.9. The molecular weight excluding hydrogens is 362 g/mol. The SMILES string of the molecule is CCCCCCCCCCCCC/C=C\N(Cc1ccccc1)Cc1ccccc1. The molecule has 2 aromatic rings. The van der Waals surface area contributed by atoms with Crippen molar-refractivity contribution in [1.82, 2.24) is 4.90 Å². The van der Waals surface area contributed by atoms with Gasteiger partial charge in [-0.1, -0.05) is 138 Å². The molecule has 30 heavy (non-hydrogen) atoms. The van der Waals surface area contributed by atoms with Gasteiger partial charge in [0.2, 0.25) is 0 Å². The lowest BCUT2D eigenvalue weighted by Crippen LogP contribution is -2.16. The summed E-state index contributed by atoms with van der Waals surface area (Å²) in [5.41, 5.74) is 2.74. The van der Waals surface area contributed by atoms with Crippen LogP contribution >= 0.6 is 0 Å². The maximum Gasteiger partial charge on any atom is 0.0427 e. The summed E-state index contributed by atoms with van der Waals surface area (Å²) in [6, 6.07) is 21.6. The van der Waals surface area contributed by atoms with Crippen LogP contribution in [0.2, 0.25) is 0 Å². The second-order valence-electron chi connectivity index (χ2n) is 8.59. The minimum absolute atomic E-state index is 0.963. The lowest BCUT2D eigenvalue weighted by Gasteiger charge is -2.21. The lowest BCUT2D eigenvalue weighted by atomic mass is 10.1. The second-order valence-corrected chi connectivity index (χ2v) is 8.59. The monoisotopic (exact) mass is 405 g/mol. The van der Waals surface area contributed by atoms with Crippen molar-refractivity contribution in [2.75, 3.05) is 0 Å². The number of hydrogen-bond donors (Lipinski definition) is 0. The lowest BCUT2D eigenvalue weighted by molar-refractivity contribution is 0.360. The van der Waals surface area contributed by atoms with Crippen LogP contribution < -0.4 is 0 Å². The van der Waals surface area contributed by atoms with E-state index in [4.69, 9.17) is 0 Å². The molecule has 0 radical (unpaired) electrons. The average molecular weight is 406 g/mol. The molecule has 0 bridgehead atoms. The maximum absolute atomic E-state index is 2.43. The highest BCUT2D eigenvalue weighted by Gasteiger charge is 2.02. The molecule has 0 aromatic heterocycles. The minimum atomic E-state index is 0.963. The summed E-state index contributed by atoms with van der Waals surface area (Å²) in [5.74, 6) is 0. The number of unbranched alkanes of at least 4 members (excludes halogenated alkanes) is 11. The van der Waals surface area contributed by atoms with Crippen molar-refractivity contribution < 1.29 is 0 Å². The molecule has 0 fully saturated rings. The van der Waals surface area contributed by atoms with E-state index >= 15 is 0 Å². The second kappa shape index (κ2) is 16.7. The van der Waals surface area contributed by atoms with Gasteiger partial charge in [0.15, 0.2) is 0 Å². The van der Waals surface area contributed by atoms with E-state index in [1.807, 2.05) is 0 Å². The third-order valence-corrected chi connectivity index (χ3v) is 5.75. The van der Waals surface area contributed by atoms with E-state index in [1.54, 1.807) is 0 Å². The predicted octanol–water partition coefficient (Wildman–Crippen LogP) is 8.90. The van der Waals surface area contributed by atoms with Crippen molar-refractivity contribution in [3.8, 4) is 0 Å². The van der Waals surface area contributed by atoms with Crippen molar-refractivity contribution >= 4 is 0 Å². The molecule has 0 saturated heterocycles. The molecule has 0 spiro atoms. The van der Waals surface area contributed by atoms with Crippen LogP contribution in [0.25, 0.3) is 0 Å². The van der Waals surface area contributed by atoms with Gasteiger partial charge in [0, 0.05) is 13.1 Å². The Morgan fingerprint density at radius 3 is 1.47 bits per heavy atom. The van der Waals surface area contributed by atoms with Crippen LogP contribution in [0.5, 0.6) is 0 Å². The molecular formula is C29H43N. The van der Waals surface area contributed by atoms with E-state index in [9.17, 15) is 0 Å². The number of rotatable bonds is 17. The molecule has 0 atom stereocenters. The molecule has 0 amide bonds. The molecule has 0 heterocycles. The Bertz CT molecular complexity index is 605. The van der Waals surface area contributed by atoms with Gasteiger partial charge < -0.3 is 4.90 Å². The molecule has 164 valence electrons. The van der Waals surface area contributed by atoms with Gasteiger partial charge in [-0.25, -0.2) is 0 Å². The van der Waals surface area contributed by atoms with Crippen molar-refractivity contribution in [2.45, 2.75) is 97.1 Å². The quantitative estimate of drug-likeness (QED) is 0.237. The highest BCUT2D eigenvalue weighted by atomic mass is 15.1. The average Bonchev–Trinajstić information content (AvgIpc) is 2.78. The smallest absolute Gasteiger partial charge is 0.0427 e. The van der Waals surface area contributed by atoms with Gasteiger partial charge in [-0.3, -0.25) is 0 Å². The zero-order valence-corrected chi connectivity index (χ0v) is 19.3. The Balaban J connectivity index is 1.61. The molecule has 2 rings (SSSR count). The van der Waals surface area contributed by atoms with Crippen molar-refractivity contribution in [3.63, 3.8) is 0 Å². The fraction of sp³-hybridized carbons (Fsp3) is 0.517. The highest BCUT2D eigenvalue weighted by Crippen LogP contribution is 2.14. The van der Waals surface area contributed by atoms with E-state index < -0.39 is 0 Å². The first kappa shape index (κ1) is 24.3. The van der Waals surface area contributed by atoms with Gasteiger partial charge in [0.25, 0.3) is 0 Å². The molecule has 0 aliphatic heterocycles. The summed E-state index contributed by atoms with van der Waals surface area (Å²) in [6.07, 6.45) is 21.4. The standard InChI is InChI=1S/C29H43N/c1-2-3-4-5-6-7-8-9-10-11-12-13-20-25-30(26-28-21-16-14-17-22-28)27-29-23-18-15-19-24-29/h14-25H,2-13,26-27H2,1H3/b25-20-. The van der Waals surface area contributed by atoms with Gasteiger partial charge in [-0.15, -0.1) is 0 Å². The van der Waals surface area contributed by atoms with Gasteiger partial charge in [-0.05, 0) is 30.2 Å². The summed E-state index contributed by atoms with van der Waals surface area (Å²) in [6.45, 7) is 4.22. The predicted molar refractivity (Wildman–Crippen MR) is 132 cm³/mol. The zero-order valence-electron chi connectivity index (χ0n) is 19.3. The molecule has 0 aliphatic carbocycles. The van der Waals surface area contributed by atoms with Crippen LogP contribution in [-0.4, -0.2) is 4.90 Å². The van der Waals surface area contributed by atoms with E-state index in [2.05, 4.69) is 84.8 Å². The van der Waals surface area contributed by atoms with Crippen LogP contribution in [0.15, 0.2) is 72.9 Å². The number of allylic oxidation sites excluding steroid dienone is 1. The van der Waals surface area contributed by atoms with E-state index in [0.29, 0.717) is 0 Å². The molecule has 1 nitrogen and oxygen atoms in total. The fourth-order valence-corrected chi connectivity index (χ4v) is 3.95.